The molecular formula is C24H48BrNO4. The minimum atomic E-state index is -1.13. The molecule has 2 atom stereocenters. The third-order valence-corrected chi connectivity index (χ3v) is 6.05. The number of carbonyl (C=O) groups excluding carboxylic acids is 1. The first-order valence-electron chi connectivity index (χ1n) is 12.1. The lowest BCUT2D eigenvalue weighted by atomic mass is 10.0. The van der Waals surface area contributed by atoms with Crippen molar-refractivity contribution in [1.82, 2.24) is 0 Å². The number of carbonyl (C=O) groups is 1. The fourth-order valence-electron chi connectivity index (χ4n) is 4.60. The number of aliphatic hydroxyl groups is 1. The average molecular weight is 495 g/mol. The molecule has 0 spiro atoms. The molecule has 0 aliphatic carbocycles. The van der Waals surface area contributed by atoms with Crippen LogP contribution in [0.4, 0.5) is 0 Å². The summed E-state index contributed by atoms with van der Waals surface area (Å²) in [5.41, 5.74) is 0. The SMILES string of the molecule is CCCCCCCCCCCCCCC[C@@]1(O)C[N+](C)(C)C[C@@H](CC(=O)OC)O1.[Br-]. The molecule has 6 heteroatoms. The lowest BCUT2D eigenvalue weighted by molar-refractivity contribution is -0.915. The van der Waals surface area contributed by atoms with Crippen molar-refractivity contribution in [3.63, 3.8) is 0 Å². The quantitative estimate of drug-likeness (QED) is 0.203. The van der Waals surface area contributed by atoms with Crippen LogP contribution in [0.25, 0.3) is 0 Å². The van der Waals surface area contributed by atoms with E-state index >= 15 is 0 Å². The van der Waals surface area contributed by atoms with Crippen LogP contribution in [0.1, 0.15) is 103 Å². The third-order valence-electron chi connectivity index (χ3n) is 6.05. The topological polar surface area (TPSA) is 55.8 Å². The van der Waals surface area contributed by atoms with Crippen molar-refractivity contribution < 1.29 is 40.8 Å². The van der Waals surface area contributed by atoms with E-state index in [1.54, 1.807) is 0 Å². The van der Waals surface area contributed by atoms with Crippen molar-refractivity contribution in [2.24, 2.45) is 0 Å². The summed E-state index contributed by atoms with van der Waals surface area (Å²) in [6.45, 7) is 3.56. The molecule has 1 fully saturated rings. The van der Waals surface area contributed by atoms with Crippen molar-refractivity contribution >= 4 is 5.97 Å². The predicted octanol–water partition coefficient (Wildman–Crippen LogP) is 2.20. The highest BCUT2D eigenvalue weighted by Gasteiger charge is 2.45. The zero-order chi connectivity index (χ0) is 21.6. The highest BCUT2D eigenvalue weighted by Crippen LogP contribution is 2.29. The molecule has 0 saturated carbocycles. The van der Waals surface area contributed by atoms with Gasteiger partial charge in [-0.2, -0.15) is 0 Å². The fourth-order valence-corrected chi connectivity index (χ4v) is 4.60. The van der Waals surface area contributed by atoms with E-state index in [9.17, 15) is 9.90 Å². The number of unbranched alkanes of at least 4 members (excludes halogenated alkanes) is 12. The summed E-state index contributed by atoms with van der Waals surface area (Å²) in [4.78, 5) is 11.6. The van der Waals surface area contributed by atoms with Crippen LogP contribution in [-0.4, -0.2) is 61.7 Å². The highest BCUT2D eigenvalue weighted by atomic mass is 79.9. The van der Waals surface area contributed by atoms with Crippen LogP contribution < -0.4 is 17.0 Å². The smallest absolute Gasteiger partial charge is 0.308 e. The van der Waals surface area contributed by atoms with Gasteiger partial charge in [-0.1, -0.05) is 84.0 Å². The Hall–Kier alpha value is -0.170. The van der Waals surface area contributed by atoms with E-state index in [0.717, 1.165) is 19.4 Å². The minimum absolute atomic E-state index is 0. The van der Waals surface area contributed by atoms with E-state index in [2.05, 4.69) is 21.0 Å². The lowest BCUT2D eigenvalue weighted by Crippen LogP contribution is -3.00. The monoisotopic (exact) mass is 493 g/mol. The van der Waals surface area contributed by atoms with Gasteiger partial charge < -0.3 is 36.0 Å². The number of halogens is 1. The van der Waals surface area contributed by atoms with Gasteiger partial charge in [-0.05, 0) is 6.42 Å². The van der Waals surface area contributed by atoms with Crippen LogP contribution in [0.2, 0.25) is 0 Å². The van der Waals surface area contributed by atoms with E-state index < -0.39 is 5.79 Å². The number of esters is 1. The van der Waals surface area contributed by atoms with Crippen molar-refractivity contribution in [2.75, 3.05) is 34.3 Å². The fraction of sp³-hybridized carbons (Fsp3) is 0.958. The number of hydrogen-bond donors (Lipinski definition) is 1. The molecule has 0 radical (unpaired) electrons. The molecule has 5 nitrogen and oxygen atoms in total. The molecule has 0 aromatic heterocycles. The van der Waals surface area contributed by atoms with E-state index in [1.807, 2.05) is 0 Å². The Morgan fingerprint density at radius 3 is 1.90 bits per heavy atom. The number of hydrogen-bond acceptors (Lipinski definition) is 4. The van der Waals surface area contributed by atoms with Gasteiger partial charge in [0.1, 0.15) is 19.2 Å². The van der Waals surface area contributed by atoms with Gasteiger partial charge in [0.15, 0.2) is 0 Å². The Morgan fingerprint density at radius 2 is 1.43 bits per heavy atom. The second-order valence-electron chi connectivity index (χ2n) is 9.74. The zero-order valence-corrected chi connectivity index (χ0v) is 21.7. The van der Waals surface area contributed by atoms with E-state index in [4.69, 9.17) is 9.47 Å². The summed E-state index contributed by atoms with van der Waals surface area (Å²) >= 11 is 0. The highest BCUT2D eigenvalue weighted by molar-refractivity contribution is 5.69. The summed E-state index contributed by atoms with van der Waals surface area (Å²) in [7, 11) is 5.56. The van der Waals surface area contributed by atoms with Crippen LogP contribution in [0.3, 0.4) is 0 Å². The lowest BCUT2D eigenvalue weighted by Gasteiger charge is -2.46. The zero-order valence-electron chi connectivity index (χ0n) is 20.1. The van der Waals surface area contributed by atoms with Crippen LogP contribution in [0, 0.1) is 0 Å². The molecule has 0 amide bonds. The van der Waals surface area contributed by atoms with E-state index in [1.165, 1.54) is 77.7 Å². The van der Waals surface area contributed by atoms with Gasteiger partial charge in [0, 0.05) is 6.42 Å². The Morgan fingerprint density at radius 1 is 0.967 bits per heavy atom. The summed E-state index contributed by atoms with van der Waals surface area (Å²) in [5, 5.41) is 11.0. The molecule has 1 heterocycles. The summed E-state index contributed by atoms with van der Waals surface area (Å²) in [5.74, 6) is -1.40. The number of likely N-dealkylation sites (N-methyl/N-ethyl adjacent to an activating group) is 1. The number of ether oxygens (including phenoxy) is 2. The van der Waals surface area contributed by atoms with Gasteiger partial charge in [0.2, 0.25) is 5.79 Å². The number of methoxy groups -OCH3 is 1. The number of quaternary nitrogens is 1. The molecule has 1 rings (SSSR count). The maximum absolute atomic E-state index is 11.6. The molecule has 0 bridgehead atoms. The maximum Gasteiger partial charge on any atom is 0.308 e. The Balaban J connectivity index is 0.00000841. The van der Waals surface area contributed by atoms with Crippen molar-refractivity contribution in [2.45, 2.75) is 115 Å². The van der Waals surface area contributed by atoms with Gasteiger partial charge in [-0.15, -0.1) is 0 Å². The molecule has 0 aromatic rings. The number of nitrogens with zero attached hydrogens (tertiary/aromatic N) is 1. The summed E-state index contributed by atoms with van der Waals surface area (Å²) in [6.07, 6.45) is 17.6. The standard InChI is InChI=1S/C24H48NO4.BrH/c1-5-6-7-8-9-10-11-12-13-14-15-16-17-18-24(27)21-25(2,3)20-22(29-24)19-23(26)28-4;/h22,27H,5-21H2,1-4H3;1H/q+1;/p-1/t22-,24+;/m1./s1. The normalized spacial score (nSPS) is 23.0. The van der Waals surface area contributed by atoms with Gasteiger partial charge in [-0.3, -0.25) is 4.79 Å². The molecule has 1 saturated heterocycles. The van der Waals surface area contributed by atoms with Gasteiger partial charge in [0.25, 0.3) is 0 Å². The first-order valence-corrected chi connectivity index (χ1v) is 12.1. The molecule has 0 unspecified atom stereocenters. The second kappa shape index (κ2) is 16.5. The van der Waals surface area contributed by atoms with E-state index in [0.29, 0.717) is 17.4 Å². The minimum Gasteiger partial charge on any atom is -1.00 e. The molecule has 1 aliphatic heterocycles. The van der Waals surface area contributed by atoms with Crippen molar-refractivity contribution in [1.29, 1.82) is 0 Å². The maximum atomic E-state index is 11.6. The largest absolute Gasteiger partial charge is 1.00 e. The average Bonchev–Trinajstić information content (AvgIpc) is 2.63. The molecule has 0 aromatic carbocycles. The predicted molar refractivity (Wildman–Crippen MR) is 119 cm³/mol. The van der Waals surface area contributed by atoms with Crippen molar-refractivity contribution in [3.8, 4) is 0 Å². The van der Waals surface area contributed by atoms with Gasteiger partial charge in [0.05, 0.1) is 27.6 Å². The molecule has 1 aliphatic rings. The van der Waals surface area contributed by atoms with Crippen LogP contribution in [0.5, 0.6) is 0 Å². The van der Waals surface area contributed by atoms with Crippen LogP contribution >= 0.6 is 0 Å². The Kier molecular flexibility index (Phi) is 16.4. The Labute approximate surface area is 196 Å². The molecule has 30 heavy (non-hydrogen) atoms. The Bertz CT molecular complexity index is 447. The molecule has 180 valence electrons. The van der Waals surface area contributed by atoms with Crippen LogP contribution in [0.15, 0.2) is 0 Å². The first-order chi connectivity index (χ1) is 13.8. The first kappa shape index (κ1) is 29.8. The summed E-state index contributed by atoms with van der Waals surface area (Å²) in [6, 6.07) is 0. The third kappa shape index (κ3) is 14.0. The molecular weight excluding hydrogens is 446 g/mol. The summed E-state index contributed by atoms with van der Waals surface area (Å²) < 4.78 is 11.4. The number of morpholine rings is 1. The van der Waals surface area contributed by atoms with Gasteiger partial charge >= 0.3 is 5.97 Å². The molecule has 1 N–H and O–H groups in total. The van der Waals surface area contributed by atoms with Crippen LogP contribution in [-0.2, 0) is 14.3 Å². The van der Waals surface area contributed by atoms with E-state index in [-0.39, 0.29) is 35.5 Å². The second-order valence-corrected chi connectivity index (χ2v) is 9.74. The van der Waals surface area contributed by atoms with Gasteiger partial charge in [-0.25, -0.2) is 0 Å². The number of rotatable bonds is 16. The van der Waals surface area contributed by atoms with Crippen molar-refractivity contribution in [3.05, 3.63) is 0 Å².